The second-order valence-electron chi connectivity index (χ2n) is 14.0. The first-order valence-corrected chi connectivity index (χ1v) is 22.4. The minimum atomic E-state index is -4.46. The van der Waals surface area contributed by atoms with Gasteiger partial charge in [0.1, 0.15) is 13.2 Å². The zero-order valence-corrected chi connectivity index (χ0v) is 33.9. The molecule has 3 N–H and O–H groups in total. The minimum absolute atomic E-state index is 0.172. The highest BCUT2D eigenvalue weighted by Gasteiger charge is 2.25. The Balaban J connectivity index is 4.27. The van der Waals surface area contributed by atoms with Crippen LogP contribution in [0.2, 0.25) is 0 Å². The Kier molecular flexibility index (Phi) is 35.9. The van der Waals surface area contributed by atoms with E-state index in [0.29, 0.717) is 12.8 Å². The van der Waals surface area contributed by atoms with E-state index in [1.165, 1.54) is 83.5 Å². The Morgan fingerprint density at radius 1 is 0.577 bits per heavy atom. The van der Waals surface area contributed by atoms with Gasteiger partial charge in [-0.05, 0) is 64.2 Å². The summed E-state index contributed by atoms with van der Waals surface area (Å²) in [6.07, 6.45) is 38.4. The maximum absolute atomic E-state index is 12.5. The molecule has 0 aromatic rings. The third-order valence-electron chi connectivity index (χ3n) is 8.88. The molecule has 0 radical (unpaired) electrons. The smallest absolute Gasteiger partial charge is 0.403 e. The standard InChI is InChI=1S/C41H76NO9P/c1-3-5-7-9-11-13-15-17-19-21-23-25-27-29-31-33-40(45)49-36-38(37-50-52(47,48)42-35-39(43)44)51-41(46)34-32-30-28-26-24-22-20-18-16-14-12-10-8-6-4-2/h17-20,38H,3-16,21-37H2,1-2H3,(H,43,44)(H2,42,47,48)/b19-17-,20-18-/t38-/m1/s1. The van der Waals surface area contributed by atoms with Crippen molar-refractivity contribution in [1.29, 1.82) is 0 Å². The molecule has 2 atom stereocenters. The molecule has 0 aliphatic heterocycles. The monoisotopic (exact) mass is 758 g/mol. The lowest BCUT2D eigenvalue weighted by Crippen LogP contribution is -2.31. The average molecular weight is 758 g/mol. The number of carboxylic acid groups (broad SMARTS) is 1. The zero-order valence-electron chi connectivity index (χ0n) is 33.0. The van der Waals surface area contributed by atoms with Gasteiger partial charge in [0.2, 0.25) is 0 Å². The third-order valence-corrected chi connectivity index (χ3v) is 9.94. The van der Waals surface area contributed by atoms with Gasteiger partial charge in [-0.2, -0.15) is 0 Å². The fourth-order valence-electron chi connectivity index (χ4n) is 5.70. The van der Waals surface area contributed by atoms with Gasteiger partial charge in [0.25, 0.3) is 0 Å². The van der Waals surface area contributed by atoms with Crippen molar-refractivity contribution in [3.05, 3.63) is 24.3 Å². The van der Waals surface area contributed by atoms with Crippen LogP contribution in [0.1, 0.15) is 194 Å². The molecule has 304 valence electrons. The summed E-state index contributed by atoms with van der Waals surface area (Å²) in [6.45, 7) is 2.85. The van der Waals surface area contributed by atoms with Crippen LogP contribution in [0.3, 0.4) is 0 Å². The van der Waals surface area contributed by atoms with Crippen LogP contribution in [0, 0.1) is 0 Å². The molecular weight excluding hydrogens is 681 g/mol. The van der Waals surface area contributed by atoms with Crippen molar-refractivity contribution in [2.45, 2.75) is 200 Å². The second-order valence-corrected chi connectivity index (χ2v) is 15.6. The van der Waals surface area contributed by atoms with Crippen LogP contribution >= 0.6 is 7.75 Å². The highest BCUT2D eigenvalue weighted by atomic mass is 31.2. The summed E-state index contributed by atoms with van der Waals surface area (Å²) >= 11 is 0. The van der Waals surface area contributed by atoms with Crippen LogP contribution in [0.5, 0.6) is 0 Å². The molecule has 0 saturated heterocycles. The largest absolute Gasteiger partial charge is 0.480 e. The predicted molar refractivity (Wildman–Crippen MR) is 211 cm³/mol. The fraction of sp³-hybridized carbons (Fsp3) is 0.829. The van der Waals surface area contributed by atoms with E-state index in [1.807, 2.05) is 5.09 Å². The molecule has 52 heavy (non-hydrogen) atoms. The predicted octanol–water partition coefficient (Wildman–Crippen LogP) is 11.3. The van der Waals surface area contributed by atoms with Crippen molar-refractivity contribution in [3.8, 4) is 0 Å². The quantitative estimate of drug-likeness (QED) is 0.0239. The van der Waals surface area contributed by atoms with Gasteiger partial charge in [0, 0.05) is 12.8 Å². The van der Waals surface area contributed by atoms with Crippen molar-refractivity contribution < 1.29 is 42.9 Å². The van der Waals surface area contributed by atoms with Gasteiger partial charge in [-0.25, -0.2) is 9.65 Å². The van der Waals surface area contributed by atoms with Crippen LogP contribution in [0.4, 0.5) is 0 Å². The summed E-state index contributed by atoms with van der Waals surface area (Å²) in [7, 11) is -4.46. The van der Waals surface area contributed by atoms with E-state index in [2.05, 4.69) is 38.2 Å². The fourth-order valence-corrected chi connectivity index (χ4v) is 6.49. The summed E-state index contributed by atoms with van der Waals surface area (Å²) in [6, 6.07) is 0. The number of carbonyl (C=O) groups excluding carboxylic acids is 2. The Labute approximate surface area is 316 Å². The second kappa shape index (κ2) is 37.3. The summed E-state index contributed by atoms with van der Waals surface area (Å²) in [4.78, 5) is 45.6. The Hall–Kier alpha value is -2.00. The maximum Gasteiger partial charge on any atom is 0.403 e. The van der Waals surface area contributed by atoms with Crippen LogP contribution in [0.25, 0.3) is 0 Å². The number of aliphatic carboxylic acids is 1. The van der Waals surface area contributed by atoms with Crippen molar-refractivity contribution >= 4 is 25.7 Å². The van der Waals surface area contributed by atoms with Crippen molar-refractivity contribution in [3.63, 3.8) is 0 Å². The highest BCUT2D eigenvalue weighted by molar-refractivity contribution is 7.50. The lowest BCUT2D eigenvalue weighted by atomic mass is 10.1. The number of ether oxygens (including phenoxy) is 2. The van der Waals surface area contributed by atoms with E-state index < -0.39 is 44.9 Å². The summed E-state index contributed by atoms with van der Waals surface area (Å²) in [5.74, 6) is -2.27. The molecule has 0 aliphatic carbocycles. The van der Waals surface area contributed by atoms with Gasteiger partial charge < -0.3 is 19.5 Å². The number of nitrogens with one attached hydrogen (secondary N) is 1. The molecule has 0 fully saturated rings. The molecule has 10 nitrogen and oxygen atoms in total. The Morgan fingerprint density at radius 2 is 0.962 bits per heavy atom. The van der Waals surface area contributed by atoms with E-state index in [4.69, 9.17) is 19.1 Å². The van der Waals surface area contributed by atoms with Crippen molar-refractivity contribution in [1.82, 2.24) is 5.09 Å². The van der Waals surface area contributed by atoms with Crippen molar-refractivity contribution in [2.24, 2.45) is 0 Å². The maximum atomic E-state index is 12.5. The molecule has 0 aromatic heterocycles. The minimum Gasteiger partial charge on any atom is -0.480 e. The summed E-state index contributed by atoms with van der Waals surface area (Å²) in [5.41, 5.74) is 0. The van der Waals surface area contributed by atoms with Gasteiger partial charge in [0.05, 0.1) is 6.61 Å². The van der Waals surface area contributed by atoms with E-state index in [9.17, 15) is 23.8 Å². The molecule has 0 saturated carbocycles. The number of carboxylic acids is 1. The number of esters is 2. The molecule has 0 bridgehead atoms. The number of hydrogen-bond donors (Lipinski definition) is 3. The SMILES string of the molecule is CCCCCCCC/C=C\CCCCCCCC(=O)OC[C@H](COP(=O)(O)NCC(=O)O)OC(=O)CCCCCCC/C=C\CCCCCCCC. The number of carbonyl (C=O) groups is 3. The molecule has 0 rings (SSSR count). The van der Waals surface area contributed by atoms with Crippen molar-refractivity contribution in [2.75, 3.05) is 19.8 Å². The van der Waals surface area contributed by atoms with Gasteiger partial charge in [0.15, 0.2) is 6.10 Å². The van der Waals surface area contributed by atoms with Gasteiger partial charge in [-0.1, -0.05) is 141 Å². The first kappa shape index (κ1) is 50.0. The zero-order chi connectivity index (χ0) is 38.4. The van der Waals surface area contributed by atoms with E-state index in [0.717, 1.165) is 70.6 Å². The van der Waals surface area contributed by atoms with Crippen LogP contribution in [-0.4, -0.2) is 53.8 Å². The Bertz CT molecular complexity index is 972. The average Bonchev–Trinajstić information content (AvgIpc) is 3.12. The number of unbranched alkanes of at least 4 members (excludes halogenated alkanes) is 22. The molecule has 0 aliphatic rings. The molecular formula is C41H76NO9P. The number of rotatable bonds is 39. The van der Waals surface area contributed by atoms with Crippen LogP contribution < -0.4 is 5.09 Å². The topological polar surface area (TPSA) is 148 Å². The first-order valence-electron chi connectivity index (χ1n) is 20.8. The van der Waals surface area contributed by atoms with E-state index in [-0.39, 0.29) is 19.4 Å². The number of hydrogen-bond acceptors (Lipinski definition) is 7. The van der Waals surface area contributed by atoms with Crippen LogP contribution in [-0.2, 0) is 32.9 Å². The highest BCUT2D eigenvalue weighted by Crippen LogP contribution is 2.36. The summed E-state index contributed by atoms with van der Waals surface area (Å²) < 4.78 is 27.9. The summed E-state index contributed by atoms with van der Waals surface area (Å²) in [5, 5.41) is 10.7. The lowest BCUT2D eigenvalue weighted by Gasteiger charge is -2.20. The normalized spacial score (nSPS) is 13.4. The Morgan fingerprint density at radius 3 is 1.38 bits per heavy atom. The molecule has 0 aromatic carbocycles. The molecule has 0 spiro atoms. The molecule has 11 heteroatoms. The van der Waals surface area contributed by atoms with E-state index >= 15 is 0 Å². The molecule has 1 unspecified atom stereocenters. The van der Waals surface area contributed by atoms with Gasteiger partial charge in [-0.15, -0.1) is 0 Å². The van der Waals surface area contributed by atoms with E-state index in [1.54, 1.807) is 0 Å². The third kappa shape index (κ3) is 37.7. The van der Waals surface area contributed by atoms with Gasteiger partial charge in [-0.3, -0.25) is 18.9 Å². The number of allylic oxidation sites excluding steroid dienone is 4. The van der Waals surface area contributed by atoms with Crippen LogP contribution in [0.15, 0.2) is 24.3 Å². The molecule has 0 amide bonds. The lowest BCUT2D eigenvalue weighted by molar-refractivity contribution is -0.161. The van der Waals surface area contributed by atoms with Gasteiger partial charge >= 0.3 is 25.7 Å². The first-order chi connectivity index (χ1) is 25.2. The molecule has 0 heterocycles.